The summed E-state index contributed by atoms with van der Waals surface area (Å²) in [4.78, 5) is 18.4. The Balaban J connectivity index is 1.49. The van der Waals surface area contributed by atoms with Crippen LogP contribution in [0.3, 0.4) is 0 Å². The quantitative estimate of drug-likeness (QED) is 0.639. The van der Waals surface area contributed by atoms with Gasteiger partial charge in [0.15, 0.2) is 5.96 Å². The van der Waals surface area contributed by atoms with Crippen molar-refractivity contribution in [2.24, 2.45) is 10.9 Å². The molecule has 0 spiro atoms. The molecule has 2 N–H and O–H groups in total. The summed E-state index contributed by atoms with van der Waals surface area (Å²) in [6.07, 6.45) is 2.05. The fourth-order valence-electron chi connectivity index (χ4n) is 3.44. The number of hydrogen-bond acceptors (Lipinski definition) is 2. The van der Waals surface area contributed by atoms with Crippen molar-refractivity contribution in [3.05, 3.63) is 34.9 Å². The third-order valence-electron chi connectivity index (χ3n) is 4.95. The van der Waals surface area contributed by atoms with E-state index in [-0.39, 0.29) is 17.9 Å². The minimum absolute atomic E-state index is 0.0566. The highest BCUT2D eigenvalue weighted by molar-refractivity contribution is 6.30. The molecule has 1 saturated carbocycles. The van der Waals surface area contributed by atoms with Crippen molar-refractivity contribution in [3.8, 4) is 0 Å². The van der Waals surface area contributed by atoms with E-state index in [1.807, 2.05) is 36.9 Å². The number of carbonyl (C=O) groups is 1. The van der Waals surface area contributed by atoms with Crippen molar-refractivity contribution in [1.82, 2.24) is 15.5 Å². The molecule has 2 aliphatic rings. The fourth-order valence-corrected chi connectivity index (χ4v) is 3.64. The summed E-state index contributed by atoms with van der Waals surface area (Å²) in [7, 11) is 1.79. The maximum atomic E-state index is 12.1. The number of hydrogen-bond donors (Lipinski definition) is 2. The number of carbonyl (C=O) groups excluding carboxylic acids is 1. The molecule has 1 aromatic rings. The van der Waals surface area contributed by atoms with Crippen LogP contribution in [0.4, 0.5) is 0 Å². The highest BCUT2D eigenvalue weighted by atomic mass is 35.5. The highest BCUT2D eigenvalue weighted by Gasteiger charge is 2.39. The number of halogens is 1. The van der Waals surface area contributed by atoms with Gasteiger partial charge in [-0.05, 0) is 30.5 Å². The summed E-state index contributed by atoms with van der Waals surface area (Å²) in [5, 5.41) is 7.74. The third-order valence-corrected chi connectivity index (χ3v) is 5.18. The lowest BCUT2D eigenvalue weighted by molar-refractivity contribution is -0.133. The standard InChI is InChI=1S/C19H27ClN4O/c1-12(2)18(25)24-8-7-15(11-24)22-19(21-3)23-17-10-16(17)13-5-4-6-14(20)9-13/h4-6,9,12,15-17H,7-8,10-11H2,1-3H3,(H2,21,22,23). The van der Waals surface area contributed by atoms with Gasteiger partial charge in [0, 0.05) is 49.1 Å². The van der Waals surface area contributed by atoms with E-state index in [1.165, 1.54) is 5.56 Å². The monoisotopic (exact) mass is 362 g/mol. The number of likely N-dealkylation sites (tertiary alicyclic amines) is 1. The minimum atomic E-state index is 0.0566. The van der Waals surface area contributed by atoms with Crippen LogP contribution in [0.5, 0.6) is 0 Å². The Hall–Kier alpha value is -1.75. The van der Waals surface area contributed by atoms with E-state index in [9.17, 15) is 4.79 Å². The van der Waals surface area contributed by atoms with Gasteiger partial charge in [-0.2, -0.15) is 0 Å². The van der Waals surface area contributed by atoms with E-state index >= 15 is 0 Å². The van der Waals surface area contributed by atoms with Crippen LogP contribution < -0.4 is 10.6 Å². The second-order valence-corrected chi connectivity index (χ2v) is 7.73. The molecule has 1 saturated heterocycles. The zero-order chi connectivity index (χ0) is 18.0. The van der Waals surface area contributed by atoms with Gasteiger partial charge in [0.25, 0.3) is 0 Å². The molecule has 0 radical (unpaired) electrons. The van der Waals surface area contributed by atoms with Crippen molar-refractivity contribution in [3.63, 3.8) is 0 Å². The first-order valence-corrected chi connectivity index (χ1v) is 9.40. The van der Waals surface area contributed by atoms with Crippen molar-refractivity contribution in [1.29, 1.82) is 0 Å². The third kappa shape index (κ3) is 4.46. The van der Waals surface area contributed by atoms with Gasteiger partial charge in [0.05, 0.1) is 0 Å². The molecule has 1 amide bonds. The predicted molar refractivity (Wildman–Crippen MR) is 102 cm³/mol. The van der Waals surface area contributed by atoms with Crippen LogP contribution in [0.2, 0.25) is 5.02 Å². The molecule has 1 heterocycles. The highest BCUT2D eigenvalue weighted by Crippen LogP contribution is 2.41. The van der Waals surface area contributed by atoms with Crippen LogP contribution in [0, 0.1) is 5.92 Å². The maximum absolute atomic E-state index is 12.1. The SMILES string of the molecule is CN=C(NC1CCN(C(=O)C(C)C)C1)NC1CC1c1cccc(Cl)c1. The van der Waals surface area contributed by atoms with E-state index < -0.39 is 0 Å². The number of nitrogens with one attached hydrogen (secondary N) is 2. The topological polar surface area (TPSA) is 56.7 Å². The Bertz CT molecular complexity index is 661. The average Bonchev–Trinajstić information content (AvgIpc) is 3.20. The predicted octanol–water partition coefficient (Wildman–Crippen LogP) is 2.62. The Morgan fingerprint density at radius 2 is 2.16 bits per heavy atom. The molecule has 3 atom stereocenters. The number of rotatable bonds is 4. The minimum Gasteiger partial charge on any atom is -0.353 e. The first-order chi connectivity index (χ1) is 12.0. The maximum Gasteiger partial charge on any atom is 0.225 e. The second-order valence-electron chi connectivity index (χ2n) is 7.29. The Morgan fingerprint density at radius 3 is 2.84 bits per heavy atom. The van der Waals surface area contributed by atoms with Gasteiger partial charge >= 0.3 is 0 Å². The Labute approximate surface area is 154 Å². The molecule has 5 nitrogen and oxygen atoms in total. The molecule has 0 bridgehead atoms. The summed E-state index contributed by atoms with van der Waals surface area (Å²) in [6, 6.07) is 8.72. The zero-order valence-electron chi connectivity index (χ0n) is 15.1. The first kappa shape index (κ1) is 18.1. The van der Waals surface area contributed by atoms with E-state index in [1.54, 1.807) is 7.05 Å². The zero-order valence-corrected chi connectivity index (χ0v) is 15.9. The van der Waals surface area contributed by atoms with Crippen LogP contribution >= 0.6 is 11.6 Å². The fraction of sp³-hybridized carbons (Fsp3) is 0.579. The molecule has 2 fully saturated rings. The van der Waals surface area contributed by atoms with E-state index in [0.29, 0.717) is 12.0 Å². The summed E-state index contributed by atoms with van der Waals surface area (Å²) in [6.45, 7) is 5.47. The molecule has 0 aromatic heterocycles. The van der Waals surface area contributed by atoms with E-state index in [0.717, 1.165) is 36.9 Å². The van der Waals surface area contributed by atoms with Gasteiger partial charge in [0.2, 0.25) is 5.91 Å². The van der Waals surface area contributed by atoms with Crippen LogP contribution in [-0.4, -0.2) is 49.0 Å². The van der Waals surface area contributed by atoms with Crippen molar-refractivity contribution in [2.75, 3.05) is 20.1 Å². The van der Waals surface area contributed by atoms with Crippen LogP contribution in [0.15, 0.2) is 29.3 Å². The molecule has 1 aliphatic carbocycles. The largest absolute Gasteiger partial charge is 0.353 e. The lowest BCUT2D eigenvalue weighted by Crippen LogP contribution is -2.46. The molecular formula is C19H27ClN4O. The van der Waals surface area contributed by atoms with E-state index in [4.69, 9.17) is 11.6 Å². The van der Waals surface area contributed by atoms with Crippen LogP contribution in [-0.2, 0) is 4.79 Å². The van der Waals surface area contributed by atoms with Gasteiger partial charge in [0.1, 0.15) is 0 Å². The Kier molecular flexibility index (Phi) is 5.52. The number of benzene rings is 1. The van der Waals surface area contributed by atoms with E-state index in [2.05, 4.69) is 21.7 Å². The lowest BCUT2D eigenvalue weighted by Gasteiger charge is -2.20. The van der Waals surface area contributed by atoms with Gasteiger partial charge in [-0.15, -0.1) is 0 Å². The van der Waals surface area contributed by atoms with Crippen molar-refractivity contribution < 1.29 is 4.79 Å². The van der Waals surface area contributed by atoms with Gasteiger partial charge in [-0.1, -0.05) is 37.6 Å². The summed E-state index contributed by atoms with van der Waals surface area (Å²) in [5.41, 5.74) is 1.27. The first-order valence-electron chi connectivity index (χ1n) is 9.02. The summed E-state index contributed by atoms with van der Waals surface area (Å²) >= 11 is 6.08. The Morgan fingerprint density at radius 1 is 1.36 bits per heavy atom. The molecule has 1 aliphatic heterocycles. The average molecular weight is 363 g/mol. The summed E-state index contributed by atoms with van der Waals surface area (Å²) < 4.78 is 0. The van der Waals surface area contributed by atoms with Gasteiger partial charge < -0.3 is 15.5 Å². The van der Waals surface area contributed by atoms with Crippen molar-refractivity contribution in [2.45, 2.75) is 44.7 Å². The molecule has 25 heavy (non-hydrogen) atoms. The van der Waals surface area contributed by atoms with Crippen LogP contribution in [0.25, 0.3) is 0 Å². The molecular weight excluding hydrogens is 336 g/mol. The second kappa shape index (κ2) is 7.65. The number of guanidine groups is 1. The molecule has 6 heteroatoms. The summed E-state index contributed by atoms with van der Waals surface area (Å²) in [5.74, 6) is 1.59. The normalized spacial score (nSPS) is 26.0. The lowest BCUT2D eigenvalue weighted by atomic mass is 10.1. The number of amides is 1. The molecule has 3 rings (SSSR count). The molecule has 1 aromatic carbocycles. The van der Waals surface area contributed by atoms with Crippen molar-refractivity contribution >= 4 is 23.5 Å². The van der Waals surface area contributed by atoms with Crippen LogP contribution in [0.1, 0.15) is 38.2 Å². The number of nitrogens with zero attached hydrogens (tertiary/aromatic N) is 2. The smallest absolute Gasteiger partial charge is 0.225 e. The molecule has 3 unspecified atom stereocenters. The van der Waals surface area contributed by atoms with Gasteiger partial charge in [-0.3, -0.25) is 9.79 Å². The molecule has 136 valence electrons. The number of aliphatic imine (C=N–C) groups is 1. The van der Waals surface area contributed by atoms with Gasteiger partial charge in [-0.25, -0.2) is 0 Å².